The maximum absolute atomic E-state index is 13.5. The lowest BCUT2D eigenvalue weighted by molar-refractivity contribution is -0.226. The Labute approximate surface area is 348 Å². The van der Waals surface area contributed by atoms with Gasteiger partial charge < -0.3 is 51.0 Å². The first-order chi connectivity index (χ1) is 28.7. The lowest BCUT2D eigenvalue weighted by Crippen LogP contribution is -2.67. The fourth-order valence-electron chi connectivity index (χ4n) is 8.24. The minimum Gasteiger partial charge on any atom is -0.507 e. The topological polar surface area (TPSA) is 255 Å². The molecule has 2 saturated heterocycles. The maximum Gasteiger partial charge on any atom is 0.336 e. The SMILES string of the molecule is Cc1cc(C(=O)NCC(O)[C@@H](O)[C@@H]2O[C@@](C/C=C/c3cccc(CNC(=O)C4CCCO4)c3)(C(=O)O)C[C@H](O)C2NC(=O)Cn2cc(C3CCCCC3)nn2)cc(C)c1O. The molecule has 1 saturated carbocycles. The number of carbonyl (C=O) groups excluding carboxylic acids is 3. The normalized spacial score (nSPS) is 24.5. The van der Waals surface area contributed by atoms with Gasteiger partial charge in [-0.05, 0) is 80.0 Å². The number of aromatic nitrogens is 3. The van der Waals surface area contributed by atoms with E-state index in [1.807, 2.05) is 12.1 Å². The third-order valence-electron chi connectivity index (χ3n) is 11.6. The number of aliphatic carboxylic acids is 1. The van der Waals surface area contributed by atoms with Gasteiger partial charge in [0.25, 0.3) is 5.91 Å². The highest BCUT2D eigenvalue weighted by Gasteiger charge is 2.54. The van der Waals surface area contributed by atoms with Crippen LogP contribution in [0.4, 0.5) is 0 Å². The molecule has 1 aromatic heterocycles. The number of phenolic OH excluding ortho intramolecular Hbond substituents is 1. The van der Waals surface area contributed by atoms with Crippen molar-refractivity contribution in [1.82, 2.24) is 30.9 Å². The first-order valence-corrected chi connectivity index (χ1v) is 20.6. The first-order valence-electron chi connectivity index (χ1n) is 20.6. The monoisotopic (exact) mass is 832 g/mol. The van der Waals surface area contributed by atoms with Gasteiger partial charge in [-0.2, -0.15) is 0 Å². The Kier molecular flexibility index (Phi) is 14.7. The van der Waals surface area contributed by atoms with Crippen LogP contribution in [0, 0.1) is 13.8 Å². The van der Waals surface area contributed by atoms with Crippen molar-refractivity contribution in [1.29, 1.82) is 0 Å². The van der Waals surface area contributed by atoms with E-state index in [4.69, 9.17) is 9.47 Å². The predicted octanol–water partition coefficient (Wildman–Crippen LogP) is 2.16. The summed E-state index contributed by atoms with van der Waals surface area (Å²) in [5, 5.41) is 71.6. The second kappa shape index (κ2) is 19.9. The molecule has 3 heterocycles. The minimum absolute atomic E-state index is 0.0394. The zero-order valence-electron chi connectivity index (χ0n) is 34.0. The Morgan fingerprint density at radius 1 is 1.02 bits per heavy atom. The summed E-state index contributed by atoms with van der Waals surface area (Å²) in [6.45, 7) is 3.27. The van der Waals surface area contributed by atoms with E-state index >= 15 is 0 Å². The number of carboxylic acids is 1. The fourth-order valence-corrected chi connectivity index (χ4v) is 8.24. The Morgan fingerprint density at radius 2 is 1.77 bits per heavy atom. The molecule has 324 valence electrons. The minimum atomic E-state index is -2.11. The number of hydrogen-bond acceptors (Lipinski definition) is 12. The zero-order valence-corrected chi connectivity index (χ0v) is 34.0. The number of nitrogens with one attached hydrogen (secondary N) is 3. The van der Waals surface area contributed by atoms with Gasteiger partial charge in [0.2, 0.25) is 11.8 Å². The van der Waals surface area contributed by atoms with Gasteiger partial charge in [0, 0.05) is 50.2 Å². The Balaban J connectivity index is 1.17. The van der Waals surface area contributed by atoms with Crippen molar-refractivity contribution >= 4 is 29.8 Å². The van der Waals surface area contributed by atoms with Crippen molar-refractivity contribution in [3.63, 3.8) is 0 Å². The smallest absolute Gasteiger partial charge is 0.336 e. The molecule has 3 amide bonds. The number of ether oxygens (including phenoxy) is 2. The van der Waals surface area contributed by atoms with E-state index in [1.165, 1.54) is 16.8 Å². The molecule has 0 radical (unpaired) electrons. The molecule has 3 fully saturated rings. The van der Waals surface area contributed by atoms with Crippen LogP contribution in [0.15, 0.2) is 48.7 Å². The molecular weight excluding hydrogens is 777 g/mol. The van der Waals surface area contributed by atoms with Crippen LogP contribution in [0.25, 0.3) is 6.08 Å². The van der Waals surface area contributed by atoms with Crippen molar-refractivity contribution in [3.8, 4) is 5.75 Å². The Bertz CT molecular complexity index is 2000. The van der Waals surface area contributed by atoms with E-state index in [0.717, 1.165) is 49.8 Å². The van der Waals surface area contributed by atoms with Crippen molar-refractivity contribution in [2.24, 2.45) is 0 Å². The molecule has 17 nitrogen and oxygen atoms in total. The number of phenols is 1. The Hall–Kier alpha value is -5.20. The molecule has 60 heavy (non-hydrogen) atoms. The fraction of sp³-hybridized carbons (Fsp3) is 0.535. The molecule has 0 spiro atoms. The second-order valence-electron chi connectivity index (χ2n) is 16.2. The van der Waals surface area contributed by atoms with Crippen molar-refractivity contribution in [2.75, 3.05) is 13.2 Å². The number of nitrogens with zero attached hydrogens (tertiary/aromatic N) is 3. The highest BCUT2D eigenvalue weighted by atomic mass is 16.6. The molecule has 0 bridgehead atoms. The lowest BCUT2D eigenvalue weighted by Gasteiger charge is -2.47. The average Bonchev–Trinajstić information content (AvgIpc) is 3.95. The number of rotatable bonds is 16. The molecule has 3 unspecified atom stereocenters. The third-order valence-corrected chi connectivity index (χ3v) is 11.6. The number of aliphatic hydroxyl groups is 3. The number of aromatic hydroxyl groups is 1. The number of aryl methyl sites for hydroxylation is 2. The molecule has 8 N–H and O–H groups in total. The average molecular weight is 833 g/mol. The highest BCUT2D eigenvalue weighted by Crippen LogP contribution is 2.36. The first kappa shape index (κ1) is 44.4. The molecule has 2 aliphatic heterocycles. The summed E-state index contributed by atoms with van der Waals surface area (Å²) in [7, 11) is 0. The van der Waals surface area contributed by atoms with E-state index in [0.29, 0.717) is 29.7 Å². The van der Waals surface area contributed by atoms with Gasteiger partial charge >= 0.3 is 5.97 Å². The van der Waals surface area contributed by atoms with Crippen LogP contribution in [-0.2, 0) is 36.9 Å². The van der Waals surface area contributed by atoms with E-state index in [2.05, 4.69) is 26.3 Å². The molecular formula is C43H56N6O11. The zero-order chi connectivity index (χ0) is 43.0. The van der Waals surface area contributed by atoms with Crippen molar-refractivity contribution in [2.45, 2.75) is 133 Å². The van der Waals surface area contributed by atoms with Crippen LogP contribution in [-0.4, -0.2) is 120 Å². The van der Waals surface area contributed by atoms with Crippen molar-refractivity contribution in [3.05, 3.63) is 82.2 Å². The summed E-state index contributed by atoms with van der Waals surface area (Å²) in [6, 6.07) is 8.80. The van der Waals surface area contributed by atoms with Gasteiger partial charge in [-0.3, -0.25) is 14.4 Å². The number of hydrogen-bond donors (Lipinski definition) is 8. The van der Waals surface area contributed by atoms with E-state index < -0.39 is 72.9 Å². The van der Waals surface area contributed by atoms with Crippen LogP contribution in [0.3, 0.4) is 0 Å². The van der Waals surface area contributed by atoms with E-state index in [1.54, 1.807) is 44.3 Å². The predicted molar refractivity (Wildman–Crippen MR) is 216 cm³/mol. The summed E-state index contributed by atoms with van der Waals surface area (Å²) in [4.78, 5) is 52.0. The van der Waals surface area contributed by atoms with Gasteiger partial charge in [-0.1, -0.05) is 54.8 Å². The van der Waals surface area contributed by atoms with Gasteiger partial charge in [-0.15, -0.1) is 5.10 Å². The third kappa shape index (κ3) is 10.9. The highest BCUT2D eigenvalue weighted by molar-refractivity contribution is 5.95. The van der Waals surface area contributed by atoms with E-state index in [9.17, 15) is 44.7 Å². The number of benzene rings is 2. The maximum atomic E-state index is 13.5. The van der Waals surface area contributed by atoms with Crippen molar-refractivity contribution < 1.29 is 54.2 Å². The molecule has 7 atom stereocenters. The summed E-state index contributed by atoms with van der Waals surface area (Å²) in [6.07, 6.45) is 3.60. The van der Waals surface area contributed by atoms with Gasteiger partial charge in [0.1, 0.15) is 30.6 Å². The van der Waals surface area contributed by atoms with Crippen LogP contribution < -0.4 is 16.0 Å². The number of carbonyl (C=O) groups is 4. The molecule has 6 rings (SSSR count). The summed E-state index contributed by atoms with van der Waals surface area (Å²) < 4.78 is 13.0. The molecule has 1 aliphatic carbocycles. The standard InChI is InChI=1S/C43H56N6O11/c1-25-17-30(18-26(2)37(25)53)40(55)45-22-33(51)38(54)39-36(46-35(52)24-49-23-31(47-48-49)29-12-4-3-5-13-29)32(50)20-43(60-39,42(57)58)15-7-11-27-9-6-10-28(19-27)21-44-41(56)34-14-8-16-59-34/h6-7,9-11,17-19,23,29,32-34,36,38-39,50-51,53-54H,3-5,8,12-16,20-22,24H2,1-2H3,(H,44,56)(H,45,55)(H,46,52)(H,57,58)/b11-7+/t32-,33?,34?,36?,38+,39+,43+/m0/s1. The second-order valence-corrected chi connectivity index (χ2v) is 16.2. The largest absolute Gasteiger partial charge is 0.507 e. The quantitative estimate of drug-likeness (QED) is 0.103. The molecule has 3 aliphatic rings. The number of carboxylic acid groups (broad SMARTS) is 1. The molecule has 2 aromatic carbocycles. The van der Waals surface area contributed by atoms with E-state index in [-0.39, 0.29) is 42.6 Å². The van der Waals surface area contributed by atoms with Gasteiger partial charge in [0.15, 0.2) is 5.60 Å². The summed E-state index contributed by atoms with van der Waals surface area (Å²) in [5.74, 6) is -2.58. The Morgan fingerprint density at radius 3 is 2.47 bits per heavy atom. The van der Waals surface area contributed by atoms with Crippen LogP contribution in [0.1, 0.15) is 102 Å². The summed E-state index contributed by atoms with van der Waals surface area (Å²) >= 11 is 0. The lowest BCUT2D eigenvalue weighted by atomic mass is 9.81. The summed E-state index contributed by atoms with van der Waals surface area (Å²) in [5.41, 5.74) is 1.30. The van der Waals surface area contributed by atoms with Gasteiger partial charge in [-0.25, -0.2) is 9.48 Å². The van der Waals surface area contributed by atoms with Crippen LogP contribution in [0.5, 0.6) is 5.75 Å². The van der Waals surface area contributed by atoms with Crippen LogP contribution in [0.2, 0.25) is 0 Å². The molecule has 3 aromatic rings. The van der Waals surface area contributed by atoms with Gasteiger partial charge in [0.05, 0.1) is 23.9 Å². The number of amides is 3. The van der Waals surface area contributed by atoms with Crippen LogP contribution >= 0.6 is 0 Å². The molecule has 17 heteroatoms. The number of aliphatic hydroxyl groups excluding tert-OH is 3.